The van der Waals surface area contributed by atoms with Crippen molar-refractivity contribution in [1.29, 1.82) is 0 Å². The fraction of sp³-hybridized carbons (Fsp3) is 0.714. The minimum Gasteiger partial charge on any atom is -0.366 e. The molecule has 0 N–H and O–H groups in total. The highest BCUT2D eigenvalue weighted by Crippen LogP contribution is 2.37. The third-order valence-electron chi connectivity index (χ3n) is 1.45. The van der Waals surface area contributed by atoms with E-state index in [0.717, 1.165) is 12.8 Å². The van der Waals surface area contributed by atoms with E-state index >= 15 is 0 Å². The van der Waals surface area contributed by atoms with Crippen LogP contribution in [0.3, 0.4) is 0 Å². The topological polar surface area (TPSA) is 9.23 Å². The zero-order chi connectivity index (χ0) is 6.04. The zero-order valence-electron chi connectivity index (χ0n) is 5.32. The molecule has 1 fully saturated rings. The molecule has 0 heterocycles. The third-order valence-corrected chi connectivity index (χ3v) is 1.45. The Hall–Kier alpha value is -0.480. The van der Waals surface area contributed by atoms with Crippen molar-refractivity contribution in [2.45, 2.75) is 25.4 Å². The summed E-state index contributed by atoms with van der Waals surface area (Å²) in [6.45, 7) is 1.85. The van der Waals surface area contributed by atoms with Gasteiger partial charge in [-0.2, -0.15) is 0 Å². The molecule has 0 aromatic heterocycles. The standard InChI is InChI=1S/C7H10O/c1-3-4-7(8-2)5-6-7/h5-6H2,1-2H3. The van der Waals surface area contributed by atoms with E-state index in [0.29, 0.717) is 0 Å². The van der Waals surface area contributed by atoms with Crippen molar-refractivity contribution < 1.29 is 4.74 Å². The quantitative estimate of drug-likeness (QED) is 0.461. The van der Waals surface area contributed by atoms with E-state index in [4.69, 9.17) is 4.74 Å². The van der Waals surface area contributed by atoms with Crippen LogP contribution in [0.2, 0.25) is 0 Å². The van der Waals surface area contributed by atoms with Gasteiger partial charge in [0.25, 0.3) is 0 Å². The smallest absolute Gasteiger partial charge is 0.128 e. The fourth-order valence-corrected chi connectivity index (χ4v) is 0.721. The average Bonchev–Trinajstić information content (AvgIpc) is 2.50. The largest absolute Gasteiger partial charge is 0.366 e. The first-order valence-electron chi connectivity index (χ1n) is 2.82. The molecule has 1 nitrogen and oxygen atoms in total. The van der Waals surface area contributed by atoms with Crippen molar-refractivity contribution in [2.75, 3.05) is 7.11 Å². The zero-order valence-corrected chi connectivity index (χ0v) is 5.32. The molecule has 0 aromatic rings. The van der Waals surface area contributed by atoms with Crippen molar-refractivity contribution in [3.8, 4) is 11.8 Å². The van der Waals surface area contributed by atoms with Crippen molar-refractivity contribution >= 4 is 0 Å². The number of hydrogen-bond donors (Lipinski definition) is 0. The van der Waals surface area contributed by atoms with E-state index in [2.05, 4.69) is 11.8 Å². The van der Waals surface area contributed by atoms with Gasteiger partial charge in [-0.05, 0) is 19.8 Å². The predicted octanol–water partition coefficient (Wildman–Crippen LogP) is 1.19. The average molecular weight is 110 g/mol. The first kappa shape index (κ1) is 5.65. The van der Waals surface area contributed by atoms with E-state index in [1.54, 1.807) is 7.11 Å². The minimum atomic E-state index is -0.0191. The Morgan fingerprint density at radius 3 is 2.25 bits per heavy atom. The third kappa shape index (κ3) is 0.850. The highest BCUT2D eigenvalue weighted by molar-refractivity contribution is 5.21. The van der Waals surface area contributed by atoms with E-state index in [1.807, 2.05) is 6.92 Å². The molecule has 0 atom stereocenters. The van der Waals surface area contributed by atoms with Crippen LogP contribution in [0, 0.1) is 11.8 Å². The van der Waals surface area contributed by atoms with Gasteiger partial charge >= 0.3 is 0 Å². The van der Waals surface area contributed by atoms with E-state index in [1.165, 1.54) is 0 Å². The molecule has 0 aromatic carbocycles. The lowest BCUT2D eigenvalue weighted by molar-refractivity contribution is 0.129. The lowest BCUT2D eigenvalue weighted by Crippen LogP contribution is -2.06. The number of hydrogen-bond acceptors (Lipinski definition) is 1. The Morgan fingerprint density at radius 2 is 2.12 bits per heavy atom. The van der Waals surface area contributed by atoms with Gasteiger partial charge in [0.2, 0.25) is 0 Å². The highest BCUT2D eigenvalue weighted by Gasteiger charge is 2.41. The second-order valence-corrected chi connectivity index (χ2v) is 2.07. The molecule has 44 valence electrons. The normalized spacial score (nSPS) is 21.2. The first-order valence-corrected chi connectivity index (χ1v) is 2.82. The Morgan fingerprint density at radius 1 is 1.50 bits per heavy atom. The maximum absolute atomic E-state index is 5.12. The van der Waals surface area contributed by atoms with Crippen LogP contribution in [0.1, 0.15) is 19.8 Å². The van der Waals surface area contributed by atoms with E-state index in [-0.39, 0.29) is 5.60 Å². The van der Waals surface area contributed by atoms with Gasteiger partial charge in [-0.15, -0.1) is 5.92 Å². The maximum Gasteiger partial charge on any atom is 0.128 e. The Labute approximate surface area is 50.0 Å². The molecule has 1 heteroatoms. The summed E-state index contributed by atoms with van der Waals surface area (Å²) in [7, 11) is 1.72. The van der Waals surface area contributed by atoms with Crippen molar-refractivity contribution in [3.63, 3.8) is 0 Å². The molecule has 0 aliphatic heterocycles. The Kier molecular flexibility index (Phi) is 1.27. The Balaban J connectivity index is 2.49. The molecule has 1 saturated carbocycles. The summed E-state index contributed by atoms with van der Waals surface area (Å²) in [4.78, 5) is 0. The SMILES string of the molecule is CC#CC1(OC)CC1. The number of rotatable bonds is 1. The van der Waals surface area contributed by atoms with E-state index in [9.17, 15) is 0 Å². The lowest BCUT2D eigenvalue weighted by atomic mass is 10.3. The molecule has 0 radical (unpaired) electrons. The van der Waals surface area contributed by atoms with Gasteiger partial charge in [0.15, 0.2) is 0 Å². The monoisotopic (exact) mass is 110 g/mol. The molecule has 1 aliphatic carbocycles. The van der Waals surface area contributed by atoms with Gasteiger partial charge < -0.3 is 4.74 Å². The highest BCUT2D eigenvalue weighted by atomic mass is 16.5. The molecular formula is C7H10O. The summed E-state index contributed by atoms with van der Waals surface area (Å²) in [5.74, 6) is 5.86. The second kappa shape index (κ2) is 1.80. The van der Waals surface area contributed by atoms with Gasteiger partial charge in [-0.25, -0.2) is 0 Å². The number of methoxy groups -OCH3 is 1. The summed E-state index contributed by atoms with van der Waals surface area (Å²) >= 11 is 0. The van der Waals surface area contributed by atoms with Crippen LogP contribution < -0.4 is 0 Å². The number of ether oxygens (including phenoxy) is 1. The molecule has 0 spiro atoms. The summed E-state index contributed by atoms with van der Waals surface area (Å²) in [6, 6.07) is 0. The predicted molar refractivity (Wildman–Crippen MR) is 32.4 cm³/mol. The van der Waals surface area contributed by atoms with Crippen molar-refractivity contribution in [1.82, 2.24) is 0 Å². The summed E-state index contributed by atoms with van der Waals surface area (Å²) in [6.07, 6.45) is 2.23. The Bertz CT molecular complexity index is 134. The minimum absolute atomic E-state index is 0.0191. The molecule has 0 saturated heterocycles. The molecule has 0 amide bonds. The van der Waals surface area contributed by atoms with E-state index < -0.39 is 0 Å². The summed E-state index contributed by atoms with van der Waals surface area (Å²) in [5, 5.41) is 0. The van der Waals surface area contributed by atoms with Gasteiger partial charge in [0, 0.05) is 7.11 Å². The van der Waals surface area contributed by atoms with Crippen molar-refractivity contribution in [3.05, 3.63) is 0 Å². The van der Waals surface area contributed by atoms with Crippen LogP contribution in [0.25, 0.3) is 0 Å². The second-order valence-electron chi connectivity index (χ2n) is 2.07. The van der Waals surface area contributed by atoms with Gasteiger partial charge in [-0.1, -0.05) is 5.92 Å². The maximum atomic E-state index is 5.12. The summed E-state index contributed by atoms with van der Waals surface area (Å²) < 4.78 is 5.12. The lowest BCUT2D eigenvalue weighted by Gasteiger charge is -2.00. The van der Waals surface area contributed by atoms with Crippen molar-refractivity contribution in [2.24, 2.45) is 0 Å². The van der Waals surface area contributed by atoms with Gasteiger partial charge in [0.05, 0.1) is 0 Å². The van der Waals surface area contributed by atoms with Gasteiger partial charge in [-0.3, -0.25) is 0 Å². The molecule has 1 rings (SSSR count). The van der Waals surface area contributed by atoms with Crippen LogP contribution in [-0.4, -0.2) is 12.7 Å². The fourth-order valence-electron chi connectivity index (χ4n) is 0.721. The van der Waals surface area contributed by atoms with Crippen LogP contribution in [0.15, 0.2) is 0 Å². The molecular weight excluding hydrogens is 100 g/mol. The van der Waals surface area contributed by atoms with Crippen LogP contribution in [0.5, 0.6) is 0 Å². The first-order chi connectivity index (χ1) is 3.83. The molecule has 8 heavy (non-hydrogen) atoms. The van der Waals surface area contributed by atoms with Crippen LogP contribution in [0.4, 0.5) is 0 Å². The van der Waals surface area contributed by atoms with Gasteiger partial charge in [0.1, 0.15) is 5.60 Å². The van der Waals surface area contributed by atoms with Crippen LogP contribution >= 0.6 is 0 Å². The van der Waals surface area contributed by atoms with Crippen LogP contribution in [-0.2, 0) is 4.74 Å². The summed E-state index contributed by atoms with van der Waals surface area (Å²) in [5.41, 5.74) is -0.0191. The molecule has 1 aliphatic rings. The molecule has 0 bridgehead atoms. The molecule has 0 unspecified atom stereocenters.